The quantitative estimate of drug-likeness (QED) is 0.356. The van der Waals surface area contributed by atoms with Gasteiger partial charge >= 0.3 is 12.1 Å². The van der Waals surface area contributed by atoms with Crippen molar-refractivity contribution in [2.24, 2.45) is 0 Å². The Balaban J connectivity index is 3.54. The van der Waals surface area contributed by atoms with Crippen LogP contribution in [0.2, 0.25) is 0 Å². The lowest BCUT2D eigenvalue weighted by Crippen LogP contribution is -2.17. The zero-order valence-corrected chi connectivity index (χ0v) is 8.45. The first-order valence-electron chi connectivity index (χ1n) is 4.26. The van der Waals surface area contributed by atoms with E-state index in [9.17, 15) is 31.1 Å². The second-order valence-corrected chi connectivity index (χ2v) is 2.98. The third kappa shape index (κ3) is 2.47. The van der Waals surface area contributed by atoms with Gasteiger partial charge in [0.15, 0.2) is 17.5 Å². The fraction of sp³-hybridized carbons (Fsp3) is 0.100. The maximum atomic E-state index is 13.3. The number of carbonyl (C=O) groups excluding carboxylic acids is 1. The molecule has 18 heavy (non-hydrogen) atoms. The molecule has 0 atom stereocenters. The maximum absolute atomic E-state index is 13.3. The first-order chi connectivity index (χ1) is 8.20. The van der Waals surface area contributed by atoms with Gasteiger partial charge in [-0.3, -0.25) is 0 Å². The molecule has 2 nitrogen and oxygen atoms in total. The molecule has 1 aromatic rings. The van der Waals surface area contributed by atoms with Gasteiger partial charge in [0, 0.05) is 0 Å². The highest BCUT2D eigenvalue weighted by molar-refractivity contribution is 5.90. The SMILES string of the molecule is C=COC(=O)c1cc(F)c(F)c(C(F)(F)F)c1F. The van der Waals surface area contributed by atoms with Crippen molar-refractivity contribution >= 4 is 5.97 Å². The fourth-order valence-electron chi connectivity index (χ4n) is 1.14. The Hall–Kier alpha value is -1.99. The number of halogens is 6. The van der Waals surface area contributed by atoms with E-state index in [0.717, 1.165) is 0 Å². The average Bonchev–Trinajstić information content (AvgIpc) is 2.22. The molecule has 0 saturated carbocycles. The van der Waals surface area contributed by atoms with E-state index in [1.54, 1.807) is 0 Å². The summed E-state index contributed by atoms with van der Waals surface area (Å²) in [6, 6.07) is -0.0221. The van der Waals surface area contributed by atoms with Crippen molar-refractivity contribution in [3.63, 3.8) is 0 Å². The highest BCUT2D eigenvalue weighted by Crippen LogP contribution is 2.35. The Kier molecular flexibility index (Phi) is 3.68. The van der Waals surface area contributed by atoms with Crippen molar-refractivity contribution in [1.29, 1.82) is 0 Å². The number of esters is 1. The van der Waals surface area contributed by atoms with Gasteiger partial charge in [-0.05, 0) is 6.07 Å². The van der Waals surface area contributed by atoms with E-state index in [0.29, 0.717) is 6.26 Å². The van der Waals surface area contributed by atoms with Crippen molar-refractivity contribution in [2.45, 2.75) is 6.18 Å². The van der Waals surface area contributed by atoms with Crippen molar-refractivity contribution in [2.75, 3.05) is 0 Å². The molecule has 0 heterocycles. The van der Waals surface area contributed by atoms with Crippen molar-refractivity contribution in [3.8, 4) is 0 Å². The number of carbonyl (C=O) groups is 1. The number of benzene rings is 1. The predicted molar refractivity (Wildman–Crippen MR) is 46.9 cm³/mol. The molecule has 0 aliphatic heterocycles. The van der Waals surface area contributed by atoms with Crippen LogP contribution >= 0.6 is 0 Å². The smallest absolute Gasteiger partial charge is 0.422 e. The van der Waals surface area contributed by atoms with Crippen LogP contribution < -0.4 is 0 Å². The molecule has 0 N–H and O–H groups in total. The summed E-state index contributed by atoms with van der Waals surface area (Å²) >= 11 is 0. The average molecular weight is 270 g/mol. The summed E-state index contributed by atoms with van der Waals surface area (Å²) < 4.78 is 80.0. The number of hydrogen-bond acceptors (Lipinski definition) is 2. The summed E-state index contributed by atoms with van der Waals surface area (Å²) in [6.45, 7) is 2.91. The van der Waals surface area contributed by atoms with Gasteiger partial charge in [-0.1, -0.05) is 6.58 Å². The van der Waals surface area contributed by atoms with Gasteiger partial charge in [-0.15, -0.1) is 0 Å². The van der Waals surface area contributed by atoms with Gasteiger partial charge in [0.2, 0.25) is 0 Å². The standard InChI is InChI=1S/C10H4F6O2/c1-2-18-9(17)4-3-5(11)8(13)6(7(4)12)10(14,15)16/h2-3H,1H2. The minimum atomic E-state index is -5.49. The van der Waals surface area contributed by atoms with Crippen LogP contribution in [-0.2, 0) is 10.9 Å². The normalized spacial score (nSPS) is 11.2. The summed E-state index contributed by atoms with van der Waals surface area (Å²) in [5, 5.41) is 0. The summed E-state index contributed by atoms with van der Waals surface area (Å²) in [7, 11) is 0. The second-order valence-electron chi connectivity index (χ2n) is 2.98. The van der Waals surface area contributed by atoms with Crippen LogP contribution in [-0.4, -0.2) is 5.97 Å². The van der Waals surface area contributed by atoms with E-state index >= 15 is 0 Å². The summed E-state index contributed by atoms with van der Waals surface area (Å²) in [6.07, 6.45) is -4.98. The Morgan fingerprint density at radius 1 is 1.22 bits per heavy atom. The topological polar surface area (TPSA) is 26.3 Å². The van der Waals surface area contributed by atoms with E-state index in [1.807, 2.05) is 0 Å². The zero-order chi connectivity index (χ0) is 14.1. The number of hydrogen-bond donors (Lipinski definition) is 0. The van der Waals surface area contributed by atoms with Crippen LogP contribution in [0.15, 0.2) is 18.9 Å². The summed E-state index contributed by atoms with van der Waals surface area (Å²) in [5.41, 5.74) is -3.86. The number of rotatable bonds is 2. The highest BCUT2D eigenvalue weighted by Gasteiger charge is 2.41. The Morgan fingerprint density at radius 3 is 2.22 bits per heavy atom. The molecule has 0 saturated heterocycles. The lowest BCUT2D eigenvalue weighted by molar-refractivity contribution is -0.142. The Morgan fingerprint density at radius 2 is 1.78 bits per heavy atom. The zero-order valence-electron chi connectivity index (χ0n) is 8.45. The largest absolute Gasteiger partial charge is 0.431 e. The second kappa shape index (κ2) is 4.71. The maximum Gasteiger partial charge on any atom is 0.422 e. The van der Waals surface area contributed by atoms with Crippen LogP contribution in [0.5, 0.6) is 0 Å². The van der Waals surface area contributed by atoms with E-state index in [4.69, 9.17) is 0 Å². The molecule has 98 valence electrons. The van der Waals surface area contributed by atoms with Gasteiger partial charge < -0.3 is 4.74 Å². The summed E-state index contributed by atoms with van der Waals surface area (Å²) in [5.74, 6) is -8.30. The minimum Gasteiger partial charge on any atom is -0.431 e. The highest BCUT2D eigenvalue weighted by atomic mass is 19.4. The molecule has 0 amide bonds. The molecule has 0 unspecified atom stereocenters. The third-order valence-corrected chi connectivity index (χ3v) is 1.85. The summed E-state index contributed by atoms with van der Waals surface area (Å²) in [4.78, 5) is 11.0. The molecule has 0 bridgehead atoms. The third-order valence-electron chi connectivity index (χ3n) is 1.85. The van der Waals surface area contributed by atoms with E-state index in [2.05, 4.69) is 11.3 Å². The number of alkyl halides is 3. The van der Waals surface area contributed by atoms with Crippen molar-refractivity contribution in [1.82, 2.24) is 0 Å². The number of ether oxygens (including phenoxy) is 1. The molecule has 1 rings (SSSR count). The molecule has 0 fully saturated rings. The first kappa shape index (κ1) is 14.1. The Labute approximate surface area is 96.5 Å². The fourth-order valence-corrected chi connectivity index (χ4v) is 1.14. The molecule has 0 radical (unpaired) electrons. The molecule has 8 heteroatoms. The molecule has 0 aliphatic carbocycles. The predicted octanol–water partition coefficient (Wildman–Crippen LogP) is 3.42. The van der Waals surface area contributed by atoms with Crippen LogP contribution in [0.25, 0.3) is 0 Å². The van der Waals surface area contributed by atoms with Crippen LogP contribution in [0.3, 0.4) is 0 Å². The van der Waals surface area contributed by atoms with Crippen LogP contribution in [0.4, 0.5) is 26.3 Å². The molecular formula is C10H4F6O2. The monoisotopic (exact) mass is 270 g/mol. The molecular weight excluding hydrogens is 266 g/mol. The van der Waals surface area contributed by atoms with Gasteiger partial charge in [0.1, 0.15) is 5.56 Å². The molecule has 0 aromatic heterocycles. The molecule has 0 aliphatic rings. The lowest BCUT2D eigenvalue weighted by Gasteiger charge is -2.12. The van der Waals surface area contributed by atoms with E-state index in [-0.39, 0.29) is 6.07 Å². The van der Waals surface area contributed by atoms with E-state index in [1.165, 1.54) is 0 Å². The minimum absolute atomic E-state index is 0.0221. The van der Waals surface area contributed by atoms with Gasteiger partial charge in [-0.25, -0.2) is 18.0 Å². The Bertz CT molecular complexity index is 506. The van der Waals surface area contributed by atoms with Crippen molar-refractivity contribution in [3.05, 3.63) is 47.5 Å². The lowest BCUT2D eigenvalue weighted by atomic mass is 10.1. The van der Waals surface area contributed by atoms with Crippen molar-refractivity contribution < 1.29 is 35.9 Å². The molecule has 1 aromatic carbocycles. The van der Waals surface area contributed by atoms with Gasteiger partial charge in [0.05, 0.1) is 11.8 Å². The van der Waals surface area contributed by atoms with E-state index < -0.39 is 40.7 Å². The first-order valence-corrected chi connectivity index (χ1v) is 4.26. The van der Waals surface area contributed by atoms with Gasteiger partial charge in [0.25, 0.3) is 0 Å². The molecule has 0 spiro atoms. The van der Waals surface area contributed by atoms with Crippen LogP contribution in [0.1, 0.15) is 15.9 Å². The van der Waals surface area contributed by atoms with Crippen LogP contribution in [0, 0.1) is 17.5 Å². The van der Waals surface area contributed by atoms with Gasteiger partial charge in [-0.2, -0.15) is 13.2 Å².